The van der Waals surface area contributed by atoms with Gasteiger partial charge in [0, 0.05) is 17.4 Å². The van der Waals surface area contributed by atoms with Crippen molar-refractivity contribution in [1.29, 1.82) is 0 Å². The minimum atomic E-state index is 0.0754. The van der Waals surface area contributed by atoms with Gasteiger partial charge in [-0.1, -0.05) is 57.2 Å². The van der Waals surface area contributed by atoms with Gasteiger partial charge in [0.1, 0.15) is 0 Å². The molecule has 0 spiro atoms. The van der Waals surface area contributed by atoms with Crippen LogP contribution in [0.25, 0.3) is 0 Å². The zero-order valence-corrected chi connectivity index (χ0v) is 31.6. The summed E-state index contributed by atoms with van der Waals surface area (Å²) in [6.45, 7) is 10.2. The lowest BCUT2D eigenvalue weighted by Crippen LogP contribution is -1.81. The minimum Gasteiger partial charge on any atom is -0.287 e. The summed E-state index contributed by atoms with van der Waals surface area (Å²) in [6.07, 6.45) is 9.29. The van der Waals surface area contributed by atoms with E-state index in [0.717, 1.165) is 75.2 Å². The zero-order chi connectivity index (χ0) is 34.0. The first-order valence-corrected chi connectivity index (χ1v) is 19.7. The Balaban J connectivity index is 1.33. The van der Waals surface area contributed by atoms with Gasteiger partial charge in [0.25, 0.3) is 0 Å². The highest BCUT2D eigenvalue weighted by Crippen LogP contribution is 2.27. The number of carbonyl (C=O) groups excluding carboxylic acids is 1. The summed E-state index contributed by atoms with van der Waals surface area (Å²) in [5, 5.41) is 0.0754. The molecule has 236 valence electrons. The van der Waals surface area contributed by atoms with Gasteiger partial charge in [0.15, 0.2) is 5.12 Å². The maximum Gasteiger partial charge on any atom is 0.190 e. The fourth-order valence-electron chi connectivity index (χ4n) is 4.71. The summed E-state index contributed by atoms with van der Waals surface area (Å²) in [5.74, 6) is 29.8. The Hall–Kier alpha value is -4.16. The second kappa shape index (κ2) is 16.8. The van der Waals surface area contributed by atoms with Crippen LogP contribution in [-0.2, 0) is 30.5 Å². The van der Waals surface area contributed by atoms with Gasteiger partial charge in [-0.3, -0.25) is 4.79 Å². The van der Waals surface area contributed by atoms with E-state index in [0.29, 0.717) is 0 Å². The van der Waals surface area contributed by atoms with Crippen molar-refractivity contribution in [3.05, 3.63) is 115 Å². The monoisotopic (exact) mass is 712 g/mol. The number of aryl methyl sites for hydroxylation is 4. The maximum atomic E-state index is 11.3. The highest BCUT2D eigenvalue weighted by molar-refractivity contribution is 8.13. The molecular formula is C42H32OS5. The van der Waals surface area contributed by atoms with Crippen molar-refractivity contribution in [3.63, 3.8) is 0 Å². The lowest BCUT2D eigenvalue weighted by molar-refractivity contribution is -0.109. The van der Waals surface area contributed by atoms with Gasteiger partial charge in [0.2, 0.25) is 0 Å². The number of hydrogen-bond acceptors (Lipinski definition) is 6. The fraction of sp³-hybridized carbons (Fsp3) is 0.214. The number of hydrogen-bond donors (Lipinski definition) is 0. The number of terminal acetylenes is 1. The highest BCUT2D eigenvalue weighted by Gasteiger charge is 2.09. The molecule has 0 bridgehead atoms. The van der Waals surface area contributed by atoms with Crippen LogP contribution in [0, 0.1) is 59.7 Å². The largest absolute Gasteiger partial charge is 0.287 e. The summed E-state index contributed by atoms with van der Waals surface area (Å²) in [4.78, 5) is 20.5. The second-order valence-corrected chi connectivity index (χ2v) is 16.0. The molecule has 4 aromatic heterocycles. The summed E-state index contributed by atoms with van der Waals surface area (Å²) in [5.41, 5.74) is 5.76. The number of rotatable bonds is 5. The Kier molecular flexibility index (Phi) is 12.3. The minimum absolute atomic E-state index is 0.0754. The van der Waals surface area contributed by atoms with Crippen LogP contribution in [0.4, 0.5) is 0 Å². The molecule has 0 unspecified atom stereocenters. The van der Waals surface area contributed by atoms with Gasteiger partial charge in [-0.15, -0.1) is 51.8 Å². The first-order chi connectivity index (χ1) is 23.3. The molecule has 0 saturated heterocycles. The summed E-state index contributed by atoms with van der Waals surface area (Å²) >= 11 is 7.76. The van der Waals surface area contributed by atoms with Crippen LogP contribution in [0.5, 0.6) is 0 Å². The van der Waals surface area contributed by atoms with Crippen LogP contribution in [0.2, 0.25) is 0 Å². The standard InChI is InChI=1S/C42H32OS5/c1-7-30-24-36(45-39(30)11-5)18-21-41-32(9-3)26-38(47-41)20-23-42-33(10-4)27-37(48-42)19-22-40-31(8-2)25-35(46-40)17-14-29-12-15-34(16-13-29)44-28(6)43/h5,12-13,15-16,24-27H,7-10H2,1-4,6H3. The number of benzene rings is 1. The van der Waals surface area contributed by atoms with E-state index in [2.05, 4.69) is 105 Å². The molecule has 0 amide bonds. The van der Waals surface area contributed by atoms with Crippen molar-refractivity contribution in [2.45, 2.75) is 65.2 Å². The Morgan fingerprint density at radius 3 is 1.25 bits per heavy atom. The van der Waals surface area contributed by atoms with E-state index in [1.807, 2.05) is 24.3 Å². The molecule has 0 atom stereocenters. The molecule has 1 nitrogen and oxygen atoms in total. The van der Waals surface area contributed by atoms with E-state index in [9.17, 15) is 4.79 Å². The SMILES string of the molecule is C#Cc1sc(C#Cc2sc(C#Cc3sc(C#Cc4sc(C#Cc5ccc(SC(C)=O)cc5)cc4CC)cc3CC)cc2CC)cc1CC. The van der Waals surface area contributed by atoms with E-state index in [1.54, 1.807) is 52.3 Å². The van der Waals surface area contributed by atoms with Crippen molar-refractivity contribution in [2.24, 2.45) is 0 Å². The zero-order valence-electron chi connectivity index (χ0n) is 27.5. The van der Waals surface area contributed by atoms with Crippen LogP contribution in [-0.4, -0.2) is 5.12 Å². The van der Waals surface area contributed by atoms with Gasteiger partial charge in [0.05, 0.1) is 39.0 Å². The van der Waals surface area contributed by atoms with Crippen molar-refractivity contribution in [2.75, 3.05) is 0 Å². The van der Waals surface area contributed by atoms with Crippen molar-refractivity contribution in [3.8, 4) is 59.7 Å². The van der Waals surface area contributed by atoms with Crippen molar-refractivity contribution in [1.82, 2.24) is 0 Å². The van der Waals surface area contributed by atoms with Gasteiger partial charge in [-0.2, -0.15) is 0 Å². The Bertz CT molecular complexity index is 2260. The van der Waals surface area contributed by atoms with E-state index < -0.39 is 0 Å². The Morgan fingerprint density at radius 2 is 0.917 bits per heavy atom. The molecule has 4 heterocycles. The molecule has 48 heavy (non-hydrogen) atoms. The summed E-state index contributed by atoms with van der Waals surface area (Å²) in [6, 6.07) is 16.4. The summed E-state index contributed by atoms with van der Waals surface area (Å²) < 4.78 is 0. The van der Waals surface area contributed by atoms with E-state index >= 15 is 0 Å². The molecule has 5 aromatic rings. The maximum absolute atomic E-state index is 11.3. The molecule has 5 rings (SSSR count). The topological polar surface area (TPSA) is 17.1 Å². The predicted molar refractivity (Wildman–Crippen MR) is 210 cm³/mol. The molecule has 0 fully saturated rings. The van der Waals surface area contributed by atoms with Gasteiger partial charge < -0.3 is 0 Å². The molecule has 1 aromatic carbocycles. The quantitative estimate of drug-likeness (QED) is 0.133. The molecule has 0 N–H and O–H groups in total. The number of carbonyl (C=O) groups is 1. The highest BCUT2D eigenvalue weighted by atomic mass is 32.2. The van der Waals surface area contributed by atoms with Crippen LogP contribution in [0.3, 0.4) is 0 Å². The van der Waals surface area contributed by atoms with Crippen molar-refractivity contribution >= 4 is 62.2 Å². The average Bonchev–Trinajstić information content (AvgIpc) is 3.88. The average molecular weight is 713 g/mol. The first kappa shape index (κ1) is 35.2. The molecule has 6 heteroatoms. The predicted octanol–water partition coefficient (Wildman–Crippen LogP) is 10.4. The Labute approximate surface area is 305 Å². The van der Waals surface area contributed by atoms with E-state index in [4.69, 9.17) is 6.42 Å². The second-order valence-electron chi connectivity index (χ2n) is 10.5. The van der Waals surface area contributed by atoms with Crippen LogP contribution < -0.4 is 0 Å². The third-order valence-corrected chi connectivity index (χ3v) is 12.1. The van der Waals surface area contributed by atoms with E-state index in [1.165, 1.54) is 34.0 Å². The number of thiophene rings is 4. The molecule has 0 aliphatic heterocycles. The van der Waals surface area contributed by atoms with Gasteiger partial charge >= 0.3 is 0 Å². The lowest BCUT2D eigenvalue weighted by Gasteiger charge is -1.96. The lowest BCUT2D eigenvalue weighted by atomic mass is 10.1. The third-order valence-electron chi connectivity index (χ3n) is 7.23. The molecule has 0 aliphatic carbocycles. The smallest absolute Gasteiger partial charge is 0.190 e. The van der Waals surface area contributed by atoms with Crippen LogP contribution in [0.15, 0.2) is 53.4 Å². The van der Waals surface area contributed by atoms with Crippen LogP contribution >= 0.6 is 57.1 Å². The third kappa shape index (κ3) is 9.04. The molecule has 0 radical (unpaired) electrons. The normalized spacial score (nSPS) is 10.0. The van der Waals surface area contributed by atoms with Crippen LogP contribution in [0.1, 0.15) is 101 Å². The molecular weight excluding hydrogens is 681 g/mol. The Morgan fingerprint density at radius 1 is 0.562 bits per heavy atom. The van der Waals surface area contributed by atoms with E-state index in [-0.39, 0.29) is 5.12 Å². The van der Waals surface area contributed by atoms with Gasteiger partial charge in [-0.05, 0) is 132 Å². The molecule has 0 aliphatic rings. The summed E-state index contributed by atoms with van der Waals surface area (Å²) in [7, 11) is 0. The first-order valence-electron chi connectivity index (χ1n) is 15.7. The number of thioether (sulfide) groups is 1. The van der Waals surface area contributed by atoms with Gasteiger partial charge in [-0.25, -0.2) is 0 Å². The fourth-order valence-corrected chi connectivity index (χ4v) is 9.11. The molecule has 0 saturated carbocycles. The van der Waals surface area contributed by atoms with Crippen molar-refractivity contribution < 1.29 is 4.79 Å².